The van der Waals surface area contributed by atoms with E-state index in [9.17, 15) is 4.79 Å². The molecule has 7 heteroatoms. The van der Waals surface area contributed by atoms with Gasteiger partial charge in [0.25, 0.3) is 5.91 Å². The summed E-state index contributed by atoms with van der Waals surface area (Å²) in [5.74, 6) is 1.12. The van der Waals surface area contributed by atoms with Crippen LogP contribution in [0.5, 0.6) is 5.75 Å². The summed E-state index contributed by atoms with van der Waals surface area (Å²) < 4.78 is 5.19. The van der Waals surface area contributed by atoms with E-state index in [1.165, 1.54) is 4.88 Å². The van der Waals surface area contributed by atoms with Crippen LogP contribution in [0.15, 0.2) is 48.9 Å². The molecule has 1 fully saturated rings. The quantitative estimate of drug-likeness (QED) is 0.686. The van der Waals surface area contributed by atoms with Gasteiger partial charge in [0.2, 0.25) is 0 Å². The zero-order chi connectivity index (χ0) is 19.3. The Morgan fingerprint density at radius 3 is 2.68 bits per heavy atom. The summed E-state index contributed by atoms with van der Waals surface area (Å²) in [6, 6.07) is 9.51. The van der Waals surface area contributed by atoms with Gasteiger partial charge < -0.3 is 10.1 Å². The number of carbonyl (C=O) groups excluding carboxylic acids is 1. The van der Waals surface area contributed by atoms with Crippen LogP contribution >= 0.6 is 11.3 Å². The van der Waals surface area contributed by atoms with Gasteiger partial charge in [-0.3, -0.25) is 15.1 Å². The second-order valence-corrected chi connectivity index (χ2v) is 7.80. The molecule has 1 saturated heterocycles. The zero-order valence-corrected chi connectivity index (χ0v) is 16.5. The molecule has 0 bridgehead atoms. The first-order valence-corrected chi connectivity index (χ1v) is 10.1. The molecule has 3 heterocycles. The summed E-state index contributed by atoms with van der Waals surface area (Å²) in [6.45, 7) is 2.07. The number of hydrogen-bond donors (Lipinski definition) is 2. The highest BCUT2D eigenvalue weighted by molar-refractivity contribution is 7.15. The van der Waals surface area contributed by atoms with Gasteiger partial charge in [-0.25, -0.2) is 4.98 Å². The maximum absolute atomic E-state index is 12.7. The lowest BCUT2D eigenvalue weighted by atomic mass is 9.97. The molecule has 144 valence electrons. The van der Waals surface area contributed by atoms with E-state index >= 15 is 0 Å². The SMILES string of the molecule is COc1ccc(-c2cncc(C(=O)Nc3ncc(C4CCNCC4)s3)c2)cc1. The molecular weight excluding hydrogens is 372 g/mol. The molecule has 0 aliphatic carbocycles. The van der Waals surface area contributed by atoms with Crippen LogP contribution in [0.2, 0.25) is 0 Å². The van der Waals surface area contributed by atoms with Crippen LogP contribution in [0, 0.1) is 0 Å². The van der Waals surface area contributed by atoms with Crippen LogP contribution in [-0.2, 0) is 0 Å². The van der Waals surface area contributed by atoms with Crippen molar-refractivity contribution in [3.8, 4) is 16.9 Å². The molecular formula is C21H22N4O2S. The Morgan fingerprint density at radius 2 is 1.93 bits per heavy atom. The van der Waals surface area contributed by atoms with E-state index in [2.05, 4.69) is 20.6 Å². The van der Waals surface area contributed by atoms with Gasteiger partial charge in [-0.05, 0) is 55.6 Å². The number of amides is 1. The fourth-order valence-electron chi connectivity index (χ4n) is 3.31. The van der Waals surface area contributed by atoms with Crippen molar-refractivity contribution in [2.75, 3.05) is 25.5 Å². The molecule has 0 radical (unpaired) electrons. The third-order valence-corrected chi connectivity index (χ3v) is 5.98. The molecule has 0 atom stereocenters. The van der Waals surface area contributed by atoms with Crippen molar-refractivity contribution in [3.63, 3.8) is 0 Å². The molecule has 0 unspecified atom stereocenters. The summed E-state index contributed by atoms with van der Waals surface area (Å²) in [4.78, 5) is 22.5. The first kappa shape index (κ1) is 18.6. The molecule has 28 heavy (non-hydrogen) atoms. The van der Waals surface area contributed by atoms with Crippen molar-refractivity contribution in [1.82, 2.24) is 15.3 Å². The van der Waals surface area contributed by atoms with Gasteiger partial charge in [0.15, 0.2) is 5.13 Å². The number of benzene rings is 1. The highest BCUT2D eigenvalue weighted by atomic mass is 32.1. The van der Waals surface area contributed by atoms with E-state index in [1.807, 2.05) is 36.5 Å². The fraction of sp³-hybridized carbons (Fsp3) is 0.286. The number of hydrogen-bond acceptors (Lipinski definition) is 6. The van der Waals surface area contributed by atoms with Crippen LogP contribution in [0.3, 0.4) is 0 Å². The number of nitrogens with one attached hydrogen (secondary N) is 2. The van der Waals surface area contributed by atoms with Gasteiger partial charge in [0.1, 0.15) is 5.75 Å². The number of methoxy groups -OCH3 is 1. The van der Waals surface area contributed by atoms with Gasteiger partial charge in [-0.15, -0.1) is 11.3 Å². The van der Waals surface area contributed by atoms with Crippen LogP contribution in [-0.4, -0.2) is 36.1 Å². The minimum Gasteiger partial charge on any atom is -0.497 e. The zero-order valence-electron chi connectivity index (χ0n) is 15.6. The number of nitrogens with zero attached hydrogens (tertiary/aromatic N) is 2. The van der Waals surface area contributed by atoms with Gasteiger partial charge in [0, 0.05) is 29.0 Å². The molecule has 4 rings (SSSR count). The van der Waals surface area contributed by atoms with Crippen molar-refractivity contribution in [2.45, 2.75) is 18.8 Å². The molecule has 3 aromatic rings. The topological polar surface area (TPSA) is 76.1 Å². The summed E-state index contributed by atoms with van der Waals surface area (Å²) in [5, 5.41) is 6.91. The number of piperidine rings is 1. The first-order valence-electron chi connectivity index (χ1n) is 9.30. The molecule has 1 aliphatic heterocycles. The standard InChI is InChI=1S/C21H22N4O2S/c1-27-18-4-2-14(3-5-18)16-10-17(12-23-11-16)20(26)25-21-24-13-19(28-21)15-6-8-22-9-7-15/h2-5,10-13,15,22H,6-9H2,1H3,(H,24,25,26). The molecule has 1 aromatic carbocycles. The molecule has 6 nitrogen and oxygen atoms in total. The minimum absolute atomic E-state index is 0.200. The molecule has 1 aliphatic rings. The average Bonchev–Trinajstić information content (AvgIpc) is 3.23. The van der Waals surface area contributed by atoms with Gasteiger partial charge in [-0.1, -0.05) is 12.1 Å². The lowest BCUT2D eigenvalue weighted by molar-refractivity contribution is 0.102. The Hall–Kier alpha value is -2.77. The van der Waals surface area contributed by atoms with Crippen LogP contribution in [0.4, 0.5) is 5.13 Å². The lowest BCUT2D eigenvalue weighted by Gasteiger charge is -2.20. The molecule has 0 saturated carbocycles. The Balaban J connectivity index is 1.47. The number of anilines is 1. The van der Waals surface area contributed by atoms with Gasteiger partial charge in [-0.2, -0.15) is 0 Å². The summed E-state index contributed by atoms with van der Waals surface area (Å²) in [6.07, 6.45) is 7.44. The number of aromatic nitrogens is 2. The molecule has 0 spiro atoms. The van der Waals surface area contributed by atoms with E-state index in [4.69, 9.17) is 4.74 Å². The number of rotatable bonds is 5. The largest absolute Gasteiger partial charge is 0.497 e. The Morgan fingerprint density at radius 1 is 1.14 bits per heavy atom. The smallest absolute Gasteiger partial charge is 0.259 e. The number of ether oxygens (including phenoxy) is 1. The van der Waals surface area contributed by atoms with Crippen LogP contribution in [0.25, 0.3) is 11.1 Å². The number of pyridine rings is 1. The van der Waals surface area contributed by atoms with Crippen molar-refractivity contribution in [2.24, 2.45) is 0 Å². The van der Waals surface area contributed by atoms with Crippen molar-refractivity contribution in [1.29, 1.82) is 0 Å². The highest BCUT2D eigenvalue weighted by Crippen LogP contribution is 2.32. The maximum Gasteiger partial charge on any atom is 0.259 e. The summed E-state index contributed by atoms with van der Waals surface area (Å²) >= 11 is 1.56. The summed E-state index contributed by atoms with van der Waals surface area (Å²) in [5.41, 5.74) is 2.36. The predicted molar refractivity (Wildman–Crippen MR) is 111 cm³/mol. The van der Waals surface area contributed by atoms with E-state index in [0.29, 0.717) is 16.6 Å². The Bertz CT molecular complexity index is 949. The normalized spacial score (nSPS) is 14.6. The minimum atomic E-state index is -0.200. The number of thiazole rings is 1. The van der Waals surface area contributed by atoms with E-state index in [1.54, 1.807) is 30.8 Å². The fourth-order valence-corrected chi connectivity index (χ4v) is 4.29. The third kappa shape index (κ3) is 4.21. The average molecular weight is 395 g/mol. The van der Waals surface area contributed by atoms with Crippen molar-refractivity contribution >= 4 is 22.4 Å². The van der Waals surface area contributed by atoms with Gasteiger partial charge >= 0.3 is 0 Å². The van der Waals surface area contributed by atoms with E-state index in [-0.39, 0.29) is 5.91 Å². The Kier molecular flexibility index (Phi) is 5.64. The van der Waals surface area contributed by atoms with Crippen molar-refractivity contribution in [3.05, 3.63) is 59.4 Å². The first-order chi connectivity index (χ1) is 13.7. The number of carbonyl (C=O) groups is 1. The van der Waals surface area contributed by atoms with Crippen LogP contribution < -0.4 is 15.4 Å². The Labute approximate surface area is 168 Å². The molecule has 2 N–H and O–H groups in total. The van der Waals surface area contributed by atoms with Gasteiger partial charge in [0.05, 0.1) is 12.7 Å². The molecule has 2 aromatic heterocycles. The molecule has 1 amide bonds. The second kappa shape index (κ2) is 8.50. The highest BCUT2D eigenvalue weighted by Gasteiger charge is 2.18. The van der Waals surface area contributed by atoms with E-state index < -0.39 is 0 Å². The maximum atomic E-state index is 12.7. The third-order valence-electron chi connectivity index (χ3n) is 4.91. The predicted octanol–water partition coefficient (Wildman–Crippen LogP) is 3.93. The van der Waals surface area contributed by atoms with Crippen LogP contribution in [0.1, 0.15) is 34.0 Å². The van der Waals surface area contributed by atoms with Crippen molar-refractivity contribution < 1.29 is 9.53 Å². The lowest BCUT2D eigenvalue weighted by Crippen LogP contribution is -2.26. The van der Waals surface area contributed by atoms with E-state index in [0.717, 1.165) is 42.8 Å². The monoisotopic (exact) mass is 394 g/mol. The summed E-state index contributed by atoms with van der Waals surface area (Å²) in [7, 11) is 1.64. The second-order valence-electron chi connectivity index (χ2n) is 6.74.